The number of hydrogen-bond acceptors (Lipinski definition) is 2. The molecule has 0 aromatic rings. The smallest absolute Gasteiger partial charge is 0.193 e. The zero-order valence-electron chi connectivity index (χ0n) is 15.4. The van der Waals surface area contributed by atoms with Crippen molar-refractivity contribution in [3.8, 4) is 0 Å². The molecule has 1 atom stereocenters. The van der Waals surface area contributed by atoms with Gasteiger partial charge in [-0.3, -0.25) is 4.99 Å². The number of likely N-dealkylation sites (tertiary alicyclic amines) is 1. The van der Waals surface area contributed by atoms with Gasteiger partial charge >= 0.3 is 0 Å². The van der Waals surface area contributed by atoms with Gasteiger partial charge in [0, 0.05) is 26.2 Å². The average molecular weight is 322 g/mol. The third-order valence-electron chi connectivity index (χ3n) is 5.02. The van der Waals surface area contributed by atoms with E-state index in [0.717, 1.165) is 58.2 Å². The quantitative estimate of drug-likeness (QED) is 0.461. The molecule has 23 heavy (non-hydrogen) atoms. The molecule has 1 saturated heterocycles. The Labute approximate surface area is 142 Å². The normalized spacial score (nSPS) is 26.1. The lowest BCUT2D eigenvalue weighted by Crippen LogP contribution is -2.49. The van der Waals surface area contributed by atoms with Gasteiger partial charge < -0.3 is 15.0 Å². The molecular weight excluding hydrogens is 286 g/mol. The predicted octanol–water partition coefficient (Wildman–Crippen LogP) is 3.59. The van der Waals surface area contributed by atoms with Crippen LogP contribution < -0.4 is 5.32 Å². The molecule has 0 radical (unpaired) electrons. The molecule has 0 bridgehead atoms. The van der Waals surface area contributed by atoms with Crippen LogP contribution in [0.5, 0.6) is 0 Å². The highest BCUT2D eigenvalue weighted by Gasteiger charge is 2.31. The first kappa shape index (κ1) is 18.3. The number of rotatable bonds is 6. The number of nitrogens with zero attached hydrogens (tertiary/aromatic N) is 2. The van der Waals surface area contributed by atoms with Crippen molar-refractivity contribution in [1.29, 1.82) is 0 Å². The standard InChI is InChI=1S/C19H35N3O/c1-4-10-19(3)11-6-13-22(16-19)18(20-5-2)21-12-7-17-8-14-23-15-9-17/h8H,4-7,9-16H2,1-3H3,(H,20,21). The molecule has 1 unspecified atom stereocenters. The lowest BCUT2D eigenvalue weighted by Gasteiger charge is -2.42. The highest BCUT2D eigenvalue weighted by Crippen LogP contribution is 2.33. The van der Waals surface area contributed by atoms with E-state index in [4.69, 9.17) is 9.73 Å². The Bertz CT molecular complexity index is 415. The van der Waals surface area contributed by atoms with Crippen molar-refractivity contribution >= 4 is 5.96 Å². The summed E-state index contributed by atoms with van der Waals surface area (Å²) >= 11 is 0. The van der Waals surface area contributed by atoms with Crippen LogP contribution in [0.2, 0.25) is 0 Å². The highest BCUT2D eigenvalue weighted by atomic mass is 16.5. The number of nitrogens with one attached hydrogen (secondary N) is 1. The van der Waals surface area contributed by atoms with Crippen molar-refractivity contribution in [2.24, 2.45) is 10.4 Å². The van der Waals surface area contributed by atoms with E-state index in [0.29, 0.717) is 5.41 Å². The summed E-state index contributed by atoms with van der Waals surface area (Å²) in [6.07, 6.45) is 9.59. The summed E-state index contributed by atoms with van der Waals surface area (Å²) in [6, 6.07) is 0. The second-order valence-corrected chi connectivity index (χ2v) is 7.26. The van der Waals surface area contributed by atoms with Crippen LogP contribution in [-0.4, -0.2) is 50.3 Å². The minimum atomic E-state index is 0.451. The summed E-state index contributed by atoms with van der Waals surface area (Å²) in [5.41, 5.74) is 1.96. The Morgan fingerprint density at radius 3 is 3.00 bits per heavy atom. The second-order valence-electron chi connectivity index (χ2n) is 7.26. The summed E-state index contributed by atoms with van der Waals surface area (Å²) < 4.78 is 5.37. The summed E-state index contributed by atoms with van der Waals surface area (Å²) in [5, 5.41) is 3.50. The molecule has 1 fully saturated rings. The van der Waals surface area contributed by atoms with Gasteiger partial charge in [0.25, 0.3) is 0 Å². The third kappa shape index (κ3) is 5.83. The van der Waals surface area contributed by atoms with Crippen molar-refractivity contribution in [3.63, 3.8) is 0 Å². The first-order valence-corrected chi connectivity index (χ1v) is 9.46. The van der Waals surface area contributed by atoms with Gasteiger partial charge in [0.2, 0.25) is 0 Å². The minimum Gasteiger partial charge on any atom is -0.377 e. The van der Waals surface area contributed by atoms with Gasteiger partial charge in [0.1, 0.15) is 0 Å². The zero-order valence-corrected chi connectivity index (χ0v) is 15.4. The van der Waals surface area contributed by atoms with Crippen LogP contribution in [-0.2, 0) is 4.74 Å². The van der Waals surface area contributed by atoms with E-state index in [-0.39, 0.29) is 0 Å². The van der Waals surface area contributed by atoms with Crippen LogP contribution in [0.1, 0.15) is 59.3 Å². The van der Waals surface area contributed by atoms with E-state index in [1.54, 1.807) is 0 Å². The maximum atomic E-state index is 5.37. The van der Waals surface area contributed by atoms with Gasteiger partial charge in [-0.25, -0.2) is 0 Å². The monoisotopic (exact) mass is 321 g/mol. The highest BCUT2D eigenvalue weighted by molar-refractivity contribution is 5.80. The first-order chi connectivity index (χ1) is 11.2. The number of hydrogen-bond donors (Lipinski definition) is 1. The largest absolute Gasteiger partial charge is 0.377 e. The summed E-state index contributed by atoms with van der Waals surface area (Å²) in [4.78, 5) is 7.39. The van der Waals surface area contributed by atoms with Crippen molar-refractivity contribution in [1.82, 2.24) is 10.2 Å². The molecule has 0 aliphatic carbocycles. The fourth-order valence-electron chi connectivity index (χ4n) is 3.83. The fraction of sp³-hybridized carbons (Fsp3) is 0.842. The number of ether oxygens (including phenoxy) is 1. The maximum Gasteiger partial charge on any atom is 0.193 e. The van der Waals surface area contributed by atoms with Crippen LogP contribution in [0.25, 0.3) is 0 Å². The van der Waals surface area contributed by atoms with Crippen molar-refractivity contribution < 1.29 is 4.74 Å². The topological polar surface area (TPSA) is 36.9 Å². The Kier molecular flexibility index (Phi) is 7.41. The summed E-state index contributed by atoms with van der Waals surface area (Å²) in [5.74, 6) is 1.11. The number of aliphatic imine (C=N–C) groups is 1. The Hall–Kier alpha value is -1.03. The van der Waals surface area contributed by atoms with E-state index >= 15 is 0 Å². The van der Waals surface area contributed by atoms with Gasteiger partial charge in [-0.1, -0.05) is 31.9 Å². The molecule has 2 aliphatic rings. The van der Waals surface area contributed by atoms with Crippen molar-refractivity contribution in [3.05, 3.63) is 11.6 Å². The van der Waals surface area contributed by atoms with Crippen LogP contribution in [0.15, 0.2) is 16.6 Å². The van der Waals surface area contributed by atoms with E-state index in [1.807, 2.05) is 0 Å². The zero-order chi connectivity index (χ0) is 16.5. The van der Waals surface area contributed by atoms with E-state index < -0.39 is 0 Å². The SMILES string of the molecule is CCCC1(C)CCCN(C(=NCCC2=CCOCC2)NCC)C1. The van der Waals surface area contributed by atoms with Crippen LogP contribution in [0, 0.1) is 5.41 Å². The number of guanidine groups is 1. The Morgan fingerprint density at radius 1 is 1.43 bits per heavy atom. The summed E-state index contributed by atoms with van der Waals surface area (Å²) in [7, 11) is 0. The predicted molar refractivity (Wildman–Crippen MR) is 97.9 cm³/mol. The van der Waals surface area contributed by atoms with Crippen LogP contribution in [0.4, 0.5) is 0 Å². The molecule has 0 aromatic heterocycles. The van der Waals surface area contributed by atoms with Crippen LogP contribution in [0.3, 0.4) is 0 Å². The molecule has 4 nitrogen and oxygen atoms in total. The maximum absolute atomic E-state index is 5.37. The third-order valence-corrected chi connectivity index (χ3v) is 5.02. The average Bonchev–Trinajstić information content (AvgIpc) is 2.55. The van der Waals surface area contributed by atoms with E-state index in [9.17, 15) is 0 Å². The minimum absolute atomic E-state index is 0.451. The fourth-order valence-corrected chi connectivity index (χ4v) is 3.83. The van der Waals surface area contributed by atoms with Crippen LogP contribution >= 0.6 is 0 Å². The van der Waals surface area contributed by atoms with Gasteiger partial charge in [-0.15, -0.1) is 0 Å². The Balaban J connectivity index is 1.93. The molecule has 2 heterocycles. The molecule has 4 heteroatoms. The van der Waals surface area contributed by atoms with E-state index in [1.165, 1.54) is 31.3 Å². The van der Waals surface area contributed by atoms with Gasteiger partial charge in [0.15, 0.2) is 5.96 Å². The number of piperidine rings is 1. The summed E-state index contributed by atoms with van der Waals surface area (Å²) in [6.45, 7) is 12.7. The van der Waals surface area contributed by atoms with E-state index in [2.05, 4.69) is 37.1 Å². The van der Waals surface area contributed by atoms with Crippen molar-refractivity contribution in [2.75, 3.05) is 39.4 Å². The Morgan fingerprint density at radius 2 is 2.30 bits per heavy atom. The molecule has 132 valence electrons. The molecular formula is C19H35N3O. The molecule has 0 aromatic carbocycles. The lowest BCUT2D eigenvalue weighted by atomic mass is 9.78. The van der Waals surface area contributed by atoms with Gasteiger partial charge in [0.05, 0.1) is 13.2 Å². The molecule has 0 saturated carbocycles. The second kappa shape index (κ2) is 9.31. The van der Waals surface area contributed by atoms with Gasteiger partial charge in [-0.2, -0.15) is 0 Å². The van der Waals surface area contributed by atoms with Gasteiger partial charge in [-0.05, 0) is 44.4 Å². The first-order valence-electron chi connectivity index (χ1n) is 9.46. The molecule has 2 aliphatic heterocycles. The molecule has 0 spiro atoms. The lowest BCUT2D eigenvalue weighted by molar-refractivity contribution is 0.142. The van der Waals surface area contributed by atoms with Crippen molar-refractivity contribution in [2.45, 2.75) is 59.3 Å². The molecule has 0 amide bonds. The molecule has 2 rings (SSSR count). The molecule has 1 N–H and O–H groups in total.